The molecule has 2 N–H and O–H groups in total. The summed E-state index contributed by atoms with van der Waals surface area (Å²) in [5, 5.41) is 5.59. The Balaban J connectivity index is 2.04. The second-order valence-corrected chi connectivity index (χ2v) is 5.25. The first-order valence-electron chi connectivity index (χ1n) is 7.81. The maximum absolute atomic E-state index is 12.4. The smallest absolute Gasteiger partial charge is 0.257 e. The number of hydrogen-bond acceptors (Lipinski definition) is 3. The third-order valence-electron chi connectivity index (χ3n) is 3.37. The van der Waals surface area contributed by atoms with E-state index in [1.807, 2.05) is 0 Å². The van der Waals surface area contributed by atoms with E-state index in [1.165, 1.54) is 0 Å². The summed E-state index contributed by atoms with van der Waals surface area (Å²) in [6.45, 7) is 2.09. The Kier molecular flexibility index (Phi) is 6.29. The van der Waals surface area contributed by atoms with Gasteiger partial charge in [-0.15, -0.1) is 0 Å². The van der Waals surface area contributed by atoms with Gasteiger partial charge in [0.15, 0.2) is 0 Å². The van der Waals surface area contributed by atoms with Crippen molar-refractivity contribution in [1.29, 1.82) is 0 Å². The van der Waals surface area contributed by atoms with E-state index in [0.717, 1.165) is 19.3 Å². The highest BCUT2D eigenvalue weighted by Gasteiger charge is 2.13. The highest BCUT2D eigenvalue weighted by molar-refractivity contribution is 6.10. The molecule has 0 saturated heterocycles. The van der Waals surface area contributed by atoms with E-state index in [0.29, 0.717) is 23.4 Å². The summed E-state index contributed by atoms with van der Waals surface area (Å²) in [5.74, 6) is -0.345. The van der Waals surface area contributed by atoms with Crippen LogP contribution in [0.15, 0.2) is 48.8 Å². The minimum atomic E-state index is -0.276. The molecule has 0 radical (unpaired) electrons. The molecule has 0 unspecified atom stereocenters. The molecular weight excluding hydrogens is 290 g/mol. The van der Waals surface area contributed by atoms with Gasteiger partial charge in [-0.2, -0.15) is 0 Å². The summed E-state index contributed by atoms with van der Waals surface area (Å²) < 4.78 is 0. The summed E-state index contributed by atoms with van der Waals surface area (Å²) >= 11 is 0. The molecule has 0 saturated carbocycles. The molecular formula is C18H21N3O2. The first kappa shape index (κ1) is 16.7. The second-order valence-electron chi connectivity index (χ2n) is 5.25. The van der Waals surface area contributed by atoms with Crippen LogP contribution in [-0.2, 0) is 4.79 Å². The molecule has 120 valence electrons. The van der Waals surface area contributed by atoms with Gasteiger partial charge in [-0.25, -0.2) is 0 Å². The Morgan fingerprint density at radius 3 is 2.61 bits per heavy atom. The molecule has 0 aliphatic carbocycles. The van der Waals surface area contributed by atoms with E-state index < -0.39 is 0 Å². The number of anilines is 2. The van der Waals surface area contributed by atoms with Crippen molar-refractivity contribution in [1.82, 2.24) is 4.98 Å². The molecule has 0 spiro atoms. The van der Waals surface area contributed by atoms with Crippen molar-refractivity contribution in [3.05, 3.63) is 54.4 Å². The van der Waals surface area contributed by atoms with Crippen LogP contribution >= 0.6 is 0 Å². The lowest BCUT2D eigenvalue weighted by molar-refractivity contribution is -0.116. The van der Waals surface area contributed by atoms with Crippen molar-refractivity contribution in [3.8, 4) is 0 Å². The molecule has 0 bridgehead atoms. The number of hydrogen-bond donors (Lipinski definition) is 2. The van der Waals surface area contributed by atoms with Gasteiger partial charge < -0.3 is 10.6 Å². The summed E-state index contributed by atoms with van der Waals surface area (Å²) in [4.78, 5) is 28.3. The molecule has 23 heavy (non-hydrogen) atoms. The number of unbranched alkanes of at least 4 members (excludes halogenated alkanes) is 2. The van der Waals surface area contributed by atoms with Crippen LogP contribution in [0.4, 0.5) is 11.4 Å². The molecule has 1 heterocycles. The van der Waals surface area contributed by atoms with Gasteiger partial charge in [0.05, 0.1) is 23.1 Å². The predicted molar refractivity (Wildman–Crippen MR) is 91.4 cm³/mol. The molecule has 1 aromatic carbocycles. The highest BCUT2D eigenvalue weighted by Crippen LogP contribution is 2.17. The maximum Gasteiger partial charge on any atom is 0.257 e. The Hall–Kier alpha value is -2.69. The van der Waals surface area contributed by atoms with Gasteiger partial charge in [-0.05, 0) is 30.7 Å². The topological polar surface area (TPSA) is 71.1 Å². The molecule has 0 aliphatic heterocycles. The number of aromatic nitrogens is 1. The van der Waals surface area contributed by atoms with Gasteiger partial charge >= 0.3 is 0 Å². The minimum absolute atomic E-state index is 0.0694. The zero-order valence-electron chi connectivity index (χ0n) is 13.2. The van der Waals surface area contributed by atoms with E-state index in [-0.39, 0.29) is 11.8 Å². The van der Waals surface area contributed by atoms with Crippen molar-refractivity contribution < 1.29 is 9.59 Å². The lowest BCUT2D eigenvalue weighted by atomic mass is 10.1. The van der Waals surface area contributed by atoms with Gasteiger partial charge in [-0.1, -0.05) is 31.9 Å². The van der Waals surface area contributed by atoms with Crippen LogP contribution in [-0.4, -0.2) is 16.8 Å². The normalized spacial score (nSPS) is 10.1. The third-order valence-corrected chi connectivity index (χ3v) is 3.37. The van der Waals surface area contributed by atoms with E-state index in [2.05, 4.69) is 22.5 Å². The standard InChI is InChI=1S/C18H21N3O2/c1-2-3-4-11-17(22)21-16-10-6-5-9-15(16)18(23)20-14-8-7-12-19-13-14/h5-10,12-13H,2-4,11H2,1H3,(H,20,23)(H,21,22). The van der Waals surface area contributed by atoms with Crippen molar-refractivity contribution in [2.45, 2.75) is 32.6 Å². The Labute approximate surface area is 136 Å². The monoisotopic (exact) mass is 311 g/mol. The van der Waals surface area contributed by atoms with E-state index in [9.17, 15) is 9.59 Å². The number of pyridine rings is 1. The number of nitrogens with one attached hydrogen (secondary N) is 2. The fourth-order valence-corrected chi connectivity index (χ4v) is 2.17. The van der Waals surface area contributed by atoms with Gasteiger partial charge in [0.25, 0.3) is 5.91 Å². The van der Waals surface area contributed by atoms with Gasteiger partial charge in [-0.3, -0.25) is 14.6 Å². The van der Waals surface area contributed by atoms with Crippen molar-refractivity contribution in [2.24, 2.45) is 0 Å². The molecule has 0 atom stereocenters. The average Bonchev–Trinajstić information content (AvgIpc) is 2.56. The largest absolute Gasteiger partial charge is 0.325 e. The number of rotatable bonds is 7. The number of benzene rings is 1. The van der Waals surface area contributed by atoms with Gasteiger partial charge in [0, 0.05) is 12.6 Å². The third kappa shape index (κ3) is 5.21. The predicted octanol–water partition coefficient (Wildman–Crippen LogP) is 3.85. The molecule has 0 fully saturated rings. The molecule has 2 aromatic rings. The number of carbonyl (C=O) groups excluding carboxylic acids is 2. The van der Waals surface area contributed by atoms with E-state index in [1.54, 1.807) is 48.8 Å². The lowest BCUT2D eigenvalue weighted by Gasteiger charge is -2.11. The van der Waals surface area contributed by atoms with E-state index >= 15 is 0 Å². The average molecular weight is 311 g/mol. The fourth-order valence-electron chi connectivity index (χ4n) is 2.17. The summed E-state index contributed by atoms with van der Waals surface area (Å²) in [6.07, 6.45) is 6.62. The van der Waals surface area contributed by atoms with Crippen LogP contribution in [0, 0.1) is 0 Å². The van der Waals surface area contributed by atoms with Crippen LogP contribution in [0.3, 0.4) is 0 Å². The van der Waals surface area contributed by atoms with Gasteiger partial charge in [0.2, 0.25) is 5.91 Å². The Morgan fingerprint density at radius 1 is 1.04 bits per heavy atom. The number of nitrogens with zero attached hydrogens (tertiary/aromatic N) is 1. The van der Waals surface area contributed by atoms with E-state index in [4.69, 9.17) is 0 Å². The molecule has 5 nitrogen and oxygen atoms in total. The molecule has 1 aromatic heterocycles. The second kappa shape index (κ2) is 8.68. The van der Waals surface area contributed by atoms with Crippen LogP contribution in [0.5, 0.6) is 0 Å². The van der Waals surface area contributed by atoms with Crippen LogP contribution in [0.25, 0.3) is 0 Å². The van der Waals surface area contributed by atoms with Crippen molar-refractivity contribution >= 4 is 23.2 Å². The Morgan fingerprint density at radius 2 is 1.87 bits per heavy atom. The maximum atomic E-state index is 12.4. The lowest BCUT2D eigenvalue weighted by Crippen LogP contribution is -2.18. The summed E-state index contributed by atoms with van der Waals surface area (Å²) in [6, 6.07) is 10.5. The Bertz CT molecular complexity index is 656. The quantitative estimate of drug-likeness (QED) is 0.763. The first-order chi connectivity index (χ1) is 11.2. The minimum Gasteiger partial charge on any atom is -0.325 e. The van der Waals surface area contributed by atoms with Crippen LogP contribution in [0.2, 0.25) is 0 Å². The molecule has 0 aliphatic rings. The SMILES string of the molecule is CCCCCC(=O)Nc1ccccc1C(=O)Nc1cccnc1. The van der Waals surface area contributed by atoms with Crippen molar-refractivity contribution in [3.63, 3.8) is 0 Å². The zero-order chi connectivity index (χ0) is 16.5. The first-order valence-corrected chi connectivity index (χ1v) is 7.81. The molecule has 2 rings (SSSR count). The van der Waals surface area contributed by atoms with Crippen LogP contribution < -0.4 is 10.6 Å². The molecule has 5 heteroatoms. The molecule has 2 amide bonds. The van der Waals surface area contributed by atoms with Crippen molar-refractivity contribution in [2.75, 3.05) is 10.6 Å². The highest BCUT2D eigenvalue weighted by atomic mass is 16.2. The zero-order valence-corrected chi connectivity index (χ0v) is 13.2. The summed E-state index contributed by atoms with van der Waals surface area (Å²) in [5.41, 5.74) is 1.57. The van der Waals surface area contributed by atoms with Gasteiger partial charge in [0.1, 0.15) is 0 Å². The number of carbonyl (C=O) groups is 2. The summed E-state index contributed by atoms with van der Waals surface area (Å²) in [7, 11) is 0. The van der Waals surface area contributed by atoms with Crippen LogP contribution in [0.1, 0.15) is 43.0 Å². The number of amides is 2. The fraction of sp³-hybridized carbons (Fsp3) is 0.278. The number of para-hydroxylation sites is 1.